The van der Waals surface area contributed by atoms with E-state index in [4.69, 9.17) is 5.11 Å². The molecule has 0 saturated heterocycles. The van der Waals surface area contributed by atoms with E-state index in [0.29, 0.717) is 4.47 Å². The molecule has 0 spiro atoms. The Morgan fingerprint density at radius 2 is 2.19 bits per heavy atom. The predicted octanol–water partition coefficient (Wildman–Crippen LogP) is 2.08. The van der Waals surface area contributed by atoms with Crippen molar-refractivity contribution in [1.82, 2.24) is 0 Å². The third-order valence-electron chi connectivity index (χ3n) is 2.77. The van der Waals surface area contributed by atoms with Crippen molar-refractivity contribution in [2.45, 2.75) is 18.4 Å². The quantitative estimate of drug-likeness (QED) is 0.792. The van der Waals surface area contributed by atoms with Crippen LogP contribution >= 0.6 is 15.9 Å². The Kier molecular flexibility index (Phi) is 2.90. The van der Waals surface area contributed by atoms with Crippen LogP contribution in [-0.2, 0) is 0 Å². The molecule has 0 amide bonds. The summed E-state index contributed by atoms with van der Waals surface area (Å²) in [5.74, 6) is -0.949. The summed E-state index contributed by atoms with van der Waals surface area (Å²) in [6.45, 7) is 0.0973. The highest BCUT2D eigenvalue weighted by Crippen LogP contribution is 2.40. The molecule has 1 aromatic carbocycles. The van der Waals surface area contributed by atoms with Crippen molar-refractivity contribution in [1.29, 1.82) is 0 Å². The van der Waals surface area contributed by atoms with E-state index < -0.39 is 5.97 Å². The smallest absolute Gasteiger partial charge is 0.335 e. The first-order valence-electron chi connectivity index (χ1n) is 4.98. The number of carboxylic acid groups (broad SMARTS) is 1. The van der Waals surface area contributed by atoms with Gasteiger partial charge in [-0.05, 0) is 47.0 Å². The summed E-state index contributed by atoms with van der Waals surface area (Å²) in [6, 6.07) is 4.81. The summed E-state index contributed by atoms with van der Waals surface area (Å²) in [4.78, 5) is 10.7. The number of nitrogens with one attached hydrogen (secondary N) is 1. The van der Waals surface area contributed by atoms with Gasteiger partial charge in [0.1, 0.15) is 0 Å². The first-order valence-corrected chi connectivity index (χ1v) is 5.77. The number of carboxylic acids is 1. The molecule has 1 aromatic rings. The maximum absolute atomic E-state index is 10.7. The van der Waals surface area contributed by atoms with E-state index in [2.05, 4.69) is 21.2 Å². The number of aromatic carboxylic acids is 1. The Balaban J connectivity index is 2.20. The van der Waals surface area contributed by atoms with Gasteiger partial charge in [0.2, 0.25) is 0 Å². The van der Waals surface area contributed by atoms with Crippen molar-refractivity contribution in [3.05, 3.63) is 28.2 Å². The minimum absolute atomic E-state index is 0.0973. The van der Waals surface area contributed by atoms with Gasteiger partial charge in [-0.25, -0.2) is 4.79 Å². The summed E-state index contributed by atoms with van der Waals surface area (Å²) in [5, 5.41) is 21.2. The lowest BCUT2D eigenvalue weighted by Crippen LogP contribution is -2.25. The van der Waals surface area contributed by atoms with Crippen molar-refractivity contribution in [3.8, 4) is 0 Å². The zero-order chi connectivity index (χ0) is 11.8. The molecule has 0 aliphatic heterocycles. The summed E-state index contributed by atoms with van der Waals surface area (Å²) in [5.41, 5.74) is 0.857. The van der Waals surface area contributed by atoms with Crippen LogP contribution in [0.3, 0.4) is 0 Å². The van der Waals surface area contributed by atoms with E-state index in [1.54, 1.807) is 18.2 Å². The molecule has 5 heteroatoms. The molecule has 1 aliphatic rings. The molecule has 0 heterocycles. The van der Waals surface area contributed by atoms with Crippen molar-refractivity contribution in [2.75, 3.05) is 11.9 Å². The highest BCUT2D eigenvalue weighted by molar-refractivity contribution is 9.10. The van der Waals surface area contributed by atoms with E-state index >= 15 is 0 Å². The van der Waals surface area contributed by atoms with Crippen LogP contribution in [0.1, 0.15) is 23.2 Å². The second-order valence-corrected chi connectivity index (χ2v) is 4.92. The lowest BCUT2D eigenvalue weighted by Gasteiger charge is -2.17. The molecule has 1 fully saturated rings. The molecule has 0 unspecified atom stereocenters. The molecule has 1 saturated carbocycles. The topological polar surface area (TPSA) is 69.6 Å². The predicted molar refractivity (Wildman–Crippen MR) is 63.8 cm³/mol. The van der Waals surface area contributed by atoms with Gasteiger partial charge >= 0.3 is 5.97 Å². The zero-order valence-electron chi connectivity index (χ0n) is 8.53. The summed E-state index contributed by atoms with van der Waals surface area (Å²) >= 11 is 3.32. The molecular weight excluding hydrogens is 274 g/mol. The van der Waals surface area contributed by atoms with Crippen molar-refractivity contribution < 1.29 is 15.0 Å². The maximum atomic E-state index is 10.7. The molecular formula is C11H12BrNO3. The van der Waals surface area contributed by atoms with Crippen LogP contribution in [0.25, 0.3) is 0 Å². The third kappa shape index (κ3) is 2.20. The highest BCUT2D eigenvalue weighted by Gasteiger charge is 2.42. The van der Waals surface area contributed by atoms with Gasteiger partial charge in [0.15, 0.2) is 0 Å². The van der Waals surface area contributed by atoms with Gasteiger partial charge < -0.3 is 15.5 Å². The second-order valence-electron chi connectivity index (χ2n) is 4.06. The Morgan fingerprint density at radius 3 is 2.62 bits per heavy atom. The van der Waals surface area contributed by atoms with Crippen molar-refractivity contribution in [3.63, 3.8) is 0 Å². The number of anilines is 1. The monoisotopic (exact) mass is 285 g/mol. The fourth-order valence-electron chi connectivity index (χ4n) is 1.51. The molecule has 0 radical (unpaired) electrons. The minimum Gasteiger partial charge on any atom is -0.478 e. The molecule has 0 bridgehead atoms. The molecule has 86 valence electrons. The van der Waals surface area contributed by atoms with Gasteiger partial charge in [0.05, 0.1) is 17.7 Å². The lowest BCUT2D eigenvalue weighted by molar-refractivity contribution is 0.0697. The van der Waals surface area contributed by atoms with Gasteiger partial charge in [-0.3, -0.25) is 0 Å². The van der Waals surface area contributed by atoms with Gasteiger partial charge in [-0.1, -0.05) is 0 Å². The second kappa shape index (κ2) is 4.07. The maximum Gasteiger partial charge on any atom is 0.335 e. The normalized spacial score (nSPS) is 16.9. The highest BCUT2D eigenvalue weighted by atomic mass is 79.9. The van der Waals surface area contributed by atoms with Crippen molar-refractivity contribution >= 4 is 27.6 Å². The average Bonchev–Trinajstić information content (AvgIpc) is 3.01. The van der Waals surface area contributed by atoms with Gasteiger partial charge in [0.25, 0.3) is 0 Å². The first kappa shape index (κ1) is 11.4. The number of aliphatic hydroxyl groups excluding tert-OH is 1. The SMILES string of the molecule is O=C(O)c1ccc(NC2(CO)CC2)c(Br)c1. The number of hydrogen-bond acceptors (Lipinski definition) is 3. The number of hydrogen-bond donors (Lipinski definition) is 3. The fourth-order valence-corrected chi connectivity index (χ4v) is 1.99. The van der Waals surface area contributed by atoms with Crippen LogP contribution in [-0.4, -0.2) is 28.3 Å². The van der Waals surface area contributed by atoms with Crippen LogP contribution in [0.2, 0.25) is 0 Å². The minimum atomic E-state index is -0.949. The van der Waals surface area contributed by atoms with Gasteiger partial charge in [-0.15, -0.1) is 0 Å². The molecule has 4 nitrogen and oxygen atoms in total. The molecule has 2 rings (SSSR count). The summed E-state index contributed by atoms with van der Waals surface area (Å²) < 4.78 is 0.701. The van der Waals surface area contributed by atoms with Crippen LogP contribution in [0.15, 0.2) is 22.7 Å². The lowest BCUT2D eigenvalue weighted by atomic mass is 10.2. The van der Waals surface area contributed by atoms with Crippen LogP contribution in [0.5, 0.6) is 0 Å². The number of aliphatic hydroxyl groups is 1. The van der Waals surface area contributed by atoms with E-state index in [1.807, 2.05) is 0 Å². The number of carbonyl (C=O) groups is 1. The van der Waals surface area contributed by atoms with Crippen molar-refractivity contribution in [2.24, 2.45) is 0 Å². The Morgan fingerprint density at radius 1 is 1.50 bits per heavy atom. The first-order chi connectivity index (χ1) is 7.56. The summed E-state index contributed by atoms with van der Waals surface area (Å²) in [7, 11) is 0. The van der Waals surface area contributed by atoms with E-state index in [0.717, 1.165) is 18.5 Å². The number of rotatable bonds is 4. The van der Waals surface area contributed by atoms with Crippen LogP contribution in [0, 0.1) is 0 Å². The van der Waals surface area contributed by atoms with E-state index in [-0.39, 0.29) is 17.7 Å². The third-order valence-corrected chi connectivity index (χ3v) is 3.43. The van der Waals surface area contributed by atoms with E-state index in [1.165, 1.54) is 0 Å². The Bertz CT molecular complexity index is 429. The van der Waals surface area contributed by atoms with Crippen LogP contribution in [0.4, 0.5) is 5.69 Å². The largest absolute Gasteiger partial charge is 0.478 e. The number of halogens is 1. The molecule has 3 N–H and O–H groups in total. The molecule has 0 atom stereocenters. The van der Waals surface area contributed by atoms with Gasteiger partial charge in [-0.2, -0.15) is 0 Å². The summed E-state index contributed by atoms with van der Waals surface area (Å²) in [6.07, 6.45) is 1.88. The number of benzene rings is 1. The van der Waals surface area contributed by atoms with Crippen LogP contribution < -0.4 is 5.32 Å². The van der Waals surface area contributed by atoms with Gasteiger partial charge in [0, 0.05) is 10.2 Å². The van der Waals surface area contributed by atoms with E-state index in [9.17, 15) is 9.90 Å². The average molecular weight is 286 g/mol. The Labute approximate surface area is 101 Å². The molecule has 1 aliphatic carbocycles. The Hall–Kier alpha value is -1.07. The fraction of sp³-hybridized carbons (Fsp3) is 0.364. The molecule has 16 heavy (non-hydrogen) atoms. The zero-order valence-corrected chi connectivity index (χ0v) is 10.1. The molecule has 0 aromatic heterocycles. The standard InChI is InChI=1S/C11H12BrNO3/c12-8-5-7(10(15)16)1-2-9(8)13-11(6-14)3-4-11/h1-2,5,13-14H,3-4,6H2,(H,15,16).